The Balaban J connectivity index is 1.82. The minimum atomic E-state index is 0.0508. The van der Waals surface area contributed by atoms with Gasteiger partial charge in [0.2, 0.25) is 5.91 Å². The van der Waals surface area contributed by atoms with Gasteiger partial charge in [-0.25, -0.2) is 0 Å². The maximum absolute atomic E-state index is 11.2. The highest BCUT2D eigenvalue weighted by molar-refractivity contribution is 5.80. The van der Waals surface area contributed by atoms with Gasteiger partial charge in [0.25, 0.3) is 0 Å². The molecule has 96 valence electrons. The van der Waals surface area contributed by atoms with Crippen LogP contribution in [0.4, 0.5) is 0 Å². The second kappa shape index (κ2) is 6.21. The van der Waals surface area contributed by atoms with Crippen molar-refractivity contribution >= 4 is 16.8 Å². The molecule has 1 aromatic carbocycles. The van der Waals surface area contributed by atoms with Crippen molar-refractivity contribution in [3.63, 3.8) is 0 Å². The summed E-state index contributed by atoms with van der Waals surface area (Å²) in [7, 11) is 1.77. The van der Waals surface area contributed by atoms with Crippen molar-refractivity contribution in [2.24, 2.45) is 0 Å². The zero-order chi connectivity index (χ0) is 12.8. The second-order valence-electron chi connectivity index (χ2n) is 4.30. The maximum atomic E-state index is 11.2. The molecule has 18 heavy (non-hydrogen) atoms. The highest BCUT2D eigenvalue weighted by Gasteiger charge is 2.00. The first-order valence-corrected chi connectivity index (χ1v) is 6.26. The van der Waals surface area contributed by atoms with Crippen molar-refractivity contribution in [3.05, 3.63) is 36.5 Å². The lowest BCUT2D eigenvalue weighted by atomic mass is 10.2. The van der Waals surface area contributed by atoms with Crippen molar-refractivity contribution in [1.29, 1.82) is 0 Å². The summed E-state index contributed by atoms with van der Waals surface area (Å²) in [6.07, 6.45) is 3.04. The molecule has 0 spiro atoms. The van der Waals surface area contributed by atoms with Crippen molar-refractivity contribution in [2.45, 2.75) is 13.0 Å². The van der Waals surface area contributed by atoms with Gasteiger partial charge in [0.15, 0.2) is 0 Å². The van der Waals surface area contributed by atoms with Crippen LogP contribution in [0.2, 0.25) is 0 Å². The fourth-order valence-electron chi connectivity index (χ4n) is 2.04. The number of hydrogen-bond acceptors (Lipinski definition) is 2. The van der Waals surface area contributed by atoms with Gasteiger partial charge in [-0.1, -0.05) is 18.2 Å². The molecule has 1 heterocycles. The summed E-state index contributed by atoms with van der Waals surface area (Å²) in [5.41, 5.74) is 1.25. The van der Waals surface area contributed by atoms with E-state index >= 15 is 0 Å². The van der Waals surface area contributed by atoms with E-state index in [0.717, 1.165) is 13.0 Å². The first-order valence-electron chi connectivity index (χ1n) is 6.26. The molecule has 1 aromatic heterocycles. The Kier molecular flexibility index (Phi) is 4.36. The molecule has 1 amide bonds. The lowest BCUT2D eigenvalue weighted by Gasteiger charge is -2.07. The number of fused-ring (bicyclic) bond motifs is 1. The van der Waals surface area contributed by atoms with Crippen LogP contribution in [0, 0.1) is 0 Å². The molecule has 4 heteroatoms. The summed E-state index contributed by atoms with van der Waals surface area (Å²) in [6, 6.07) is 10.4. The molecule has 0 aliphatic carbocycles. The molecular weight excluding hydrogens is 226 g/mol. The first kappa shape index (κ1) is 12.6. The van der Waals surface area contributed by atoms with Crippen molar-refractivity contribution in [1.82, 2.24) is 15.2 Å². The van der Waals surface area contributed by atoms with Gasteiger partial charge in [0.1, 0.15) is 0 Å². The van der Waals surface area contributed by atoms with Crippen LogP contribution in [0.15, 0.2) is 36.5 Å². The third kappa shape index (κ3) is 3.11. The highest BCUT2D eigenvalue weighted by Crippen LogP contribution is 2.14. The number of carbonyl (C=O) groups is 1. The van der Waals surface area contributed by atoms with Gasteiger partial charge in [0.05, 0.1) is 6.54 Å². The standard InChI is InChI=1S/C14H19N3O/c1-15-11-14(18)16-8-4-9-17-10-7-12-5-2-3-6-13(12)17/h2-3,5-7,10,15H,4,8-9,11H2,1H3,(H,16,18). The van der Waals surface area contributed by atoms with Gasteiger partial charge in [-0.15, -0.1) is 0 Å². The van der Waals surface area contributed by atoms with Crippen LogP contribution in [0.3, 0.4) is 0 Å². The molecule has 0 atom stereocenters. The quantitative estimate of drug-likeness (QED) is 0.755. The average Bonchev–Trinajstić information content (AvgIpc) is 2.78. The number of nitrogens with one attached hydrogen (secondary N) is 2. The van der Waals surface area contributed by atoms with E-state index in [0.29, 0.717) is 13.1 Å². The predicted molar refractivity (Wildman–Crippen MR) is 73.5 cm³/mol. The number of likely N-dealkylation sites (N-methyl/N-ethyl adjacent to an activating group) is 1. The number of aryl methyl sites for hydroxylation is 1. The Labute approximate surface area is 107 Å². The molecule has 0 bridgehead atoms. The van der Waals surface area contributed by atoms with Gasteiger partial charge in [-0.3, -0.25) is 4.79 Å². The first-order chi connectivity index (χ1) is 8.81. The topological polar surface area (TPSA) is 46.1 Å². The Morgan fingerprint density at radius 1 is 1.28 bits per heavy atom. The van der Waals surface area contributed by atoms with Crippen molar-refractivity contribution in [2.75, 3.05) is 20.1 Å². The smallest absolute Gasteiger partial charge is 0.233 e. The third-order valence-corrected chi connectivity index (χ3v) is 2.92. The van der Waals surface area contributed by atoms with E-state index < -0.39 is 0 Å². The van der Waals surface area contributed by atoms with Crippen LogP contribution in [0.25, 0.3) is 10.9 Å². The normalized spacial score (nSPS) is 10.7. The molecule has 0 aliphatic rings. The summed E-state index contributed by atoms with van der Waals surface area (Å²) in [5.74, 6) is 0.0508. The number of aromatic nitrogens is 1. The van der Waals surface area contributed by atoms with Gasteiger partial charge in [-0.2, -0.15) is 0 Å². The van der Waals surface area contributed by atoms with E-state index in [1.54, 1.807) is 7.05 Å². The fourth-order valence-corrected chi connectivity index (χ4v) is 2.04. The second-order valence-corrected chi connectivity index (χ2v) is 4.30. The molecule has 0 unspecified atom stereocenters. The SMILES string of the molecule is CNCC(=O)NCCCn1ccc2ccccc21. The van der Waals surface area contributed by atoms with E-state index in [2.05, 4.69) is 39.6 Å². The predicted octanol–water partition coefficient (Wildman–Crippen LogP) is 1.37. The van der Waals surface area contributed by atoms with Crippen molar-refractivity contribution in [3.8, 4) is 0 Å². The minimum absolute atomic E-state index is 0.0508. The summed E-state index contributed by atoms with van der Waals surface area (Å²) >= 11 is 0. The van der Waals surface area contributed by atoms with E-state index in [1.807, 2.05) is 12.1 Å². The van der Waals surface area contributed by atoms with Crippen LogP contribution >= 0.6 is 0 Å². The van der Waals surface area contributed by atoms with E-state index in [4.69, 9.17) is 0 Å². The number of hydrogen-bond donors (Lipinski definition) is 2. The molecule has 2 rings (SSSR count). The number of amides is 1. The van der Waals surface area contributed by atoms with E-state index in [1.165, 1.54) is 10.9 Å². The number of rotatable bonds is 6. The molecule has 2 N–H and O–H groups in total. The fraction of sp³-hybridized carbons (Fsp3) is 0.357. The average molecular weight is 245 g/mol. The Morgan fingerprint density at radius 3 is 2.94 bits per heavy atom. The number of nitrogens with zero attached hydrogens (tertiary/aromatic N) is 1. The number of para-hydroxylation sites is 1. The van der Waals surface area contributed by atoms with E-state index in [9.17, 15) is 4.79 Å². The van der Waals surface area contributed by atoms with Crippen LogP contribution < -0.4 is 10.6 Å². The number of benzene rings is 1. The van der Waals surface area contributed by atoms with Crippen LogP contribution in [0.1, 0.15) is 6.42 Å². The molecule has 4 nitrogen and oxygen atoms in total. The van der Waals surface area contributed by atoms with Gasteiger partial charge in [-0.05, 0) is 31.0 Å². The molecule has 0 saturated carbocycles. The van der Waals surface area contributed by atoms with Crippen LogP contribution in [-0.2, 0) is 11.3 Å². The summed E-state index contributed by atoms with van der Waals surface area (Å²) in [4.78, 5) is 11.2. The maximum Gasteiger partial charge on any atom is 0.233 e. The van der Waals surface area contributed by atoms with Crippen LogP contribution in [-0.4, -0.2) is 30.6 Å². The van der Waals surface area contributed by atoms with E-state index in [-0.39, 0.29) is 5.91 Å². The number of carbonyl (C=O) groups excluding carboxylic acids is 1. The zero-order valence-corrected chi connectivity index (χ0v) is 10.6. The summed E-state index contributed by atoms with van der Waals surface area (Å²) < 4.78 is 2.22. The summed E-state index contributed by atoms with van der Waals surface area (Å²) in [5, 5.41) is 6.97. The lowest BCUT2D eigenvalue weighted by molar-refractivity contribution is -0.120. The van der Waals surface area contributed by atoms with Gasteiger partial charge in [0, 0.05) is 24.8 Å². The van der Waals surface area contributed by atoms with Crippen LogP contribution in [0.5, 0.6) is 0 Å². The zero-order valence-electron chi connectivity index (χ0n) is 10.6. The molecule has 0 saturated heterocycles. The highest BCUT2D eigenvalue weighted by atomic mass is 16.1. The van der Waals surface area contributed by atoms with Gasteiger partial charge >= 0.3 is 0 Å². The Hall–Kier alpha value is -1.81. The minimum Gasteiger partial charge on any atom is -0.355 e. The molecule has 0 aliphatic heterocycles. The Bertz CT molecular complexity index is 518. The molecule has 0 fully saturated rings. The largest absolute Gasteiger partial charge is 0.355 e. The molecule has 0 radical (unpaired) electrons. The Morgan fingerprint density at radius 2 is 2.11 bits per heavy atom. The molecular formula is C14H19N3O. The van der Waals surface area contributed by atoms with Gasteiger partial charge < -0.3 is 15.2 Å². The monoisotopic (exact) mass is 245 g/mol. The lowest BCUT2D eigenvalue weighted by Crippen LogP contribution is -2.33. The molecule has 2 aromatic rings. The van der Waals surface area contributed by atoms with Crippen molar-refractivity contribution < 1.29 is 4.79 Å². The summed E-state index contributed by atoms with van der Waals surface area (Å²) in [6.45, 7) is 2.02. The third-order valence-electron chi connectivity index (χ3n) is 2.92.